The quantitative estimate of drug-likeness (QED) is 0.229. The second-order valence-electron chi connectivity index (χ2n) is 7.19. The minimum Gasteiger partial charge on any atom is -0.510 e. The summed E-state index contributed by atoms with van der Waals surface area (Å²) in [6, 6.07) is 5.55. The molecule has 2 N–H and O–H groups in total. The largest absolute Gasteiger partial charge is 0.510 e. The third-order valence-corrected chi connectivity index (χ3v) is 5.06. The summed E-state index contributed by atoms with van der Waals surface area (Å²) in [4.78, 5) is 29.0. The van der Waals surface area contributed by atoms with Gasteiger partial charge in [0.25, 0.3) is 5.91 Å². The summed E-state index contributed by atoms with van der Waals surface area (Å²) in [6.45, 7) is 3.96. The summed E-state index contributed by atoms with van der Waals surface area (Å²) in [5, 5.41) is 19.2. The topological polar surface area (TPSA) is 87.9 Å². The number of hydrogen-bond donors (Lipinski definition) is 2. The second-order valence-corrected chi connectivity index (χ2v) is 7.19. The highest BCUT2D eigenvalue weighted by Crippen LogP contribution is 2.16. The summed E-state index contributed by atoms with van der Waals surface area (Å²) in [7, 11) is 1.58. The minimum absolute atomic E-state index is 0.00771. The Kier molecular flexibility index (Phi) is 8.33. The van der Waals surface area contributed by atoms with Crippen LogP contribution in [0.5, 0.6) is 0 Å². The van der Waals surface area contributed by atoms with Crippen LogP contribution in [0.3, 0.4) is 0 Å². The molecule has 2 rings (SSSR count). The number of halogens is 1. The van der Waals surface area contributed by atoms with Crippen LogP contribution in [0, 0.1) is 11.2 Å². The first-order valence-electron chi connectivity index (χ1n) is 9.82. The van der Waals surface area contributed by atoms with Crippen LogP contribution in [0.25, 0.3) is 0 Å². The lowest BCUT2D eigenvalue weighted by molar-refractivity contribution is -0.125. The van der Waals surface area contributed by atoms with E-state index in [0.29, 0.717) is 18.5 Å². The molecule has 0 spiro atoms. The van der Waals surface area contributed by atoms with E-state index < -0.39 is 11.7 Å². The molecule has 29 heavy (non-hydrogen) atoms. The molecule has 1 aromatic rings. The van der Waals surface area contributed by atoms with Crippen molar-refractivity contribution in [3.05, 3.63) is 47.0 Å². The third-order valence-electron chi connectivity index (χ3n) is 5.06. The van der Waals surface area contributed by atoms with Crippen LogP contribution in [0.4, 0.5) is 4.39 Å². The van der Waals surface area contributed by atoms with Crippen molar-refractivity contribution in [1.82, 2.24) is 14.7 Å². The molecular formula is C21H29FN4O3. The molecule has 0 unspecified atom stereocenters. The lowest BCUT2D eigenvalue weighted by Gasteiger charge is -2.28. The lowest BCUT2D eigenvalue weighted by atomic mass is 10.1. The number of hydrogen-bond acceptors (Lipinski definition) is 5. The fraction of sp³-hybridized carbons (Fsp3) is 0.476. The summed E-state index contributed by atoms with van der Waals surface area (Å²) in [6.07, 6.45) is 3.62. The first-order valence-corrected chi connectivity index (χ1v) is 9.82. The molecule has 0 saturated carbocycles. The number of aliphatic hydroxyl groups excluding tert-OH is 1. The van der Waals surface area contributed by atoms with E-state index in [9.17, 15) is 19.1 Å². The molecule has 0 radical (unpaired) electrons. The Hall–Kier alpha value is -2.74. The highest BCUT2D eigenvalue weighted by Gasteiger charge is 2.28. The molecule has 1 aliphatic rings. The number of amidine groups is 1. The third kappa shape index (κ3) is 6.12. The molecule has 7 nitrogen and oxygen atoms in total. The fourth-order valence-corrected chi connectivity index (χ4v) is 3.20. The zero-order valence-corrected chi connectivity index (χ0v) is 17.0. The number of nitrogens with one attached hydrogen (secondary N) is 1. The van der Waals surface area contributed by atoms with Gasteiger partial charge in [-0.2, -0.15) is 0 Å². The molecule has 1 heterocycles. The molecule has 1 aromatic carbocycles. The number of likely N-dealkylation sites (N-methyl/N-ethyl adjacent to an activating group) is 1. The van der Waals surface area contributed by atoms with Gasteiger partial charge in [-0.05, 0) is 50.6 Å². The van der Waals surface area contributed by atoms with E-state index in [1.54, 1.807) is 14.0 Å². The van der Waals surface area contributed by atoms with Crippen molar-refractivity contribution in [3.8, 4) is 0 Å². The fourth-order valence-electron chi connectivity index (χ4n) is 3.20. The molecule has 0 bridgehead atoms. The molecule has 1 fully saturated rings. The highest BCUT2D eigenvalue weighted by molar-refractivity contribution is 6.21. The van der Waals surface area contributed by atoms with Crippen molar-refractivity contribution in [1.29, 1.82) is 5.41 Å². The van der Waals surface area contributed by atoms with Crippen molar-refractivity contribution in [3.63, 3.8) is 0 Å². The minimum atomic E-state index is -0.516. The summed E-state index contributed by atoms with van der Waals surface area (Å²) in [5.41, 5.74) is 0.420. The number of benzene rings is 1. The van der Waals surface area contributed by atoms with Gasteiger partial charge in [-0.3, -0.25) is 24.8 Å². The molecule has 0 aromatic heterocycles. The maximum Gasteiger partial charge on any atom is 0.260 e. The Morgan fingerprint density at radius 2 is 1.86 bits per heavy atom. The molecule has 8 heteroatoms. The maximum absolute atomic E-state index is 13.1. The Labute approximate surface area is 170 Å². The van der Waals surface area contributed by atoms with Gasteiger partial charge in [0.2, 0.25) is 6.41 Å². The average Bonchev–Trinajstić information content (AvgIpc) is 2.73. The van der Waals surface area contributed by atoms with Crippen molar-refractivity contribution in [2.45, 2.75) is 32.7 Å². The van der Waals surface area contributed by atoms with Gasteiger partial charge in [-0.1, -0.05) is 18.6 Å². The predicted molar refractivity (Wildman–Crippen MR) is 109 cm³/mol. The maximum atomic E-state index is 13.1. The summed E-state index contributed by atoms with van der Waals surface area (Å²) >= 11 is 0. The Morgan fingerprint density at radius 1 is 1.24 bits per heavy atom. The number of carbonyl (C=O) groups excluding carboxylic acids is 2. The standard InChI is InChI=1S/C21H29FN4O3/c1-3-24(2)21(29)19(18(28)14-25-11-5-4-6-12-25)20(23)26(15-27)13-16-7-9-17(22)10-8-16/h7-10,15,23,28H,3-6,11-14H2,1-2H3. The van der Waals surface area contributed by atoms with Crippen molar-refractivity contribution < 1.29 is 19.1 Å². The number of piperidine rings is 1. The first-order chi connectivity index (χ1) is 13.9. The SMILES string of the molecule is CCN(C)C(=O)C(C(=N)N(C=O)Cc1ccc(F)cc1)=C(O)CN1CCCCC1. The van der Waals surface area contributed by atoms with Crippen molar-refractivity contribution >= 4 is 18.2 Å². The predicted octanol–water partition coefficient (Wildman–Crippen LogP) is 2.54. The molecule has 1 saturated heterocycles. The summed E-state index contributed by atoms with van der Waals surface area (Å²) < 4.78 is 13.1. The van der Waals surface area contributed by atoms with Gasteiger partial charge in [-0.25, -0.2) is 4.39 Å². The Balaban J connectivity index is 2.30. The molecule has 0 atom stereocenters. The van der Waals surface area contributed by atoms with Gasteiger partial charge in [-0.15, -0.1) is 0 Å². The van der Waals surface area contributed by atoms with Gasteiger partial charge < -0.3 is 10.0 Å². The van der Waals surface area contributed by atoms with Crippen LogP contribution < -0.4 is 0 Å². The number of carbonyl (C=O) groups is 2. The van der Waals surface area contributed by atoms with Gasteiger partial charge in [0, 0.05) is 13.6 Å². The second kappa shape index (κ2) is 10.7. The number of rotatable bonds is 8. The van der Waals surface area contributed by atoms with Crippen LogP contribution in [-0.4, -0.2) is 71.2 Å². The van der Waals surface area contributed by atoms with Gasteiger partial charge >= 0.3 is 0 Å². The zero-order chi connectivity index (χ0) is 21.4. The number of nitrogens with zero attached hydrogens (tertiary/aromatic N) is 3. The average molecular weight is 404 g/mol. The van der Waals surface area contributed by atoms with E-state index in [-0.39, 0.29) is 30.3 Å². The Morgan fingerprint density at radius 3 is 2.41 bits per heavy atom. The van der Waals surface area contributed by atoms with Crippen LogP contribution in [0.15, 0.2) is 35.6 Å². The van der Waals surface area contributed by atoms with Gasteiger partial charge in [0.05, 0.1) is 13.1 Å². The van der Waals surface area contributed by atoms with E-state index in [1.165, 1.54) is 29.2 Å². The highest BCUT2D eigenvalue weighted by atomic mass is 19.1. The van der Waals surface area contributed by atoms with E-state index in [4.69, 9.17) is 5.41 Å². The first kappa shape index (κ1) is 22.5. The van der Waals surface area contributed by atoms with Crippen LogP contribution in [-0.2, 0) is 16.1 Å². The smallest absolute Gasteiger partial charge is 0.260 e. The number of likely N-dealkylation sites (tertiary alicyclic amines) is 1. The van der Waals surface area contributed by atoms with E-state index in [2.05, 4.69) is 0 Å². The molecule has 1 aliphatic heterocycles. The van der Waals surface area contributed by atoms with E-state index in [1.807, 2.05) is 4.90 Å². The zero-order valence-electron chi connectivity index (χ0n) is 17.0. The van der Waals surface area contributed by atoms with Crippen molar-refractivity contribution in [2.24, 2.45) is 0 Å². The molecule has 0 aliphatic carbocycles. The molecule has 158 valence electrons. The van der Waals surface area contributed by atoms with Gasteiger partial charge in [0.1, 0.15) is 23.0 Å². The van der Waals surface area contributed by atoms with Crippen molar-refractivity contribution in [2.75, 3.05) is 33.2 Å². The number of aliphatic hydroxyl groups is 1. The Bertz CT molecular complexity index is 758. The lowest BCUT2D eigenvalue weighted by Crippen LogP contribution is -2.40. The number of amides is 2. The molecular weight excluding hydrogens is 375 g/mol. The molecule has 2 amide bonds. The summed E-state index contributed by atoms with van der Waals surface area (Å²) in [5.74, 6) is -1.50. The normalized spacial score (nSPS) is 15.4. The monoisotopic (exact) mass is 404 g/mol. The van der Waals surface area contributed by atoms with Crippen LogP contribution in [0.2, 0.25) is 0 Å². The van der Waals surface area contributed by atoms with E-state index >= 15 is 0 Å². The van der Waals surface area contributed by atoms with Crippen LogP contribution in [0.1, 0.15) is 31.7 Å². The van der Waals surface area contributed by atoms with Gasteiger partial charge in [0.15, 0.2) is 0 Å². The van der Waals surface area contributed by atoms with Crippen LogP contribution >= 0.6 is 0 Å². The van der Waals surface area contributed by atoms with E-state index in [0.717, 1.165) is 37.3 Å².